The van der Waals surface area contributed by atoms with Crippen molar-refractivity contribution in [3.63, 3.8) is 0 Å². The number of nitrogens with zero attached hydrogens (tertiary/aromatic N) is 2. The van der Waals surface area contributed by atoms with Gasteiger partial charge in [-0.2, -0.15) is 0 Å². The van der Waals surface area contributed by atoms with Crippen molar-refractivity contribution in [2.45, 2.75) is 70.6 Å². The molecular weight excluding hydrogens is 430 g/mol. The fraction of sp³-hybridized carbons (Fsp3) is 0.556. The number of ether oxygens (including phenoxy) is 2. The van der Waals surface area contributed by atoms with Crippen LogP contribution in [0.3, 0.4) is 0 Å². The van der Waals surface area contributed by atoms with Crippen molar-refractivity contribution in [1.29, 1.82) is 0 Å². The maximum Gasteiger partial charge on any atom is 0.325 e. The van der Waals surface area contributed by atoms with Crippen LogP contribution in [0.1, 0.15) is 62.4 Å². The highest BCUT2D eigenvalue weighted by Crippen LogP contribution is 2.33. The van der Waals surface area contributed by atoms with Crippen molar-refractivity contribution in [1.82, 2.24) is 9.88 Å². The predicted molar refractivity (Wildman–Crippen MR) is 132 cm³/mol. The minimum Gasteiger partial charge on any atom is -0.491 e. The highest BCUT2D eigenvalue weighted by molar-refractivity contribution is 5.76. The van der Waals surface area contributed by atoms with Gasteiger partial charge in [-0.25, -0.2) is 4.98 Å². The number of carboxylic acids is 1. The third-order valence-electron chi connectivity index (χ3n) is 6.48. The molecule has 3 heterocycles. The zero-order valence-electron chi connectivity index (χ0n) is 20.3. The second kappa shape index (κ2) is 11.7. The molecule has 2 atom stereocenters. The molecule has 0 aliphatic carbocycles. The molecule has 1 aromatic heterocycles. The molecule has 184 valence electrons. The fourth-order valence-electron chi connectivity index (χ4n) is 4.84. The topological polar surface area (TPSA) is 83.9 Å². The Morgan fingerprint density at radius 3 is 2.91 bits per heavy atom. The summed E-state index contributed by atoms with van der Waals surface area (Å²) in [6.07, 6.45) is 6.12. The average Bonchev–Trinajstić information content (AvgIpc) is 3.27. The molecule has 34 heavy (non-hydrogen) atoms. The third kappa shape index (κ3) is 6.27. The smallest absolute Gasteiger partial charge is 0.325 e. The average molecular weight is 468 g/mol. The van der Waals surface area contributed by atoms with E-state index < -0.39 is 12.0 Å². The lowest BCUT2D eigenvalue weighted by molar-refractivity contribution is -0.143. The second-order valence-electron chi connectivity index (χ2n) is 9.52. The number of aliphatic carboxylic acids is 1. The molecule has 0 unspecified atom stereocenters. The van der Waals surface area contributed by atoms with Gasteiger partial charge in [-0.05, 0) is 70.1 Å². The van der Waals surface area contributed by atoms with E-state index in [2.05, 4.69) is 17.4 Å². The number of hydrogen-bond acceptors (Lipinski definition) is 6. The van der Waals surface area contributed by atoms with Gasteiger partial charge < -0.3 is 19.9 Å². The van der Waals surface area contributed by atoms with Crippen molar-refractivity contribution in [2.75, 3.05) is 31.6 Å². The number of unbranched alkanes of at least 4 members (excludes halogenated alkanes) is 1. The summed E-state index contributed by atoms with van der Waals surface area (Å²) in [4.78, 5) is 19.0. The molecule has 7 nitrogen and oxygen atoms in total. The first-order chi connectivity index (χ1) is 16.5. The number of aryl methyl sites for hydroxylation is 2. The SMILES string of the molecule is CC(C)Oc1ccccc1[C@@H](C(=O)O)N1CC[C@@H](OCCCCc2ccc3c(n2)NCCC3)C1. The Kier molecular flexibility index (Phi) is 8.40. The van der Waals surface area contributed by atoms with Gasteiger partial charge in [-0.3, -0.25) is 9.69 Å². The van der Waals surface area contributed by atoms with Gasteiger partial charge in [0.2, 0.25) is 0 Å². The molecule has 0 saturated carbocycles. The largest absolute Gasteiger partial charge is 0.491 e. The first-order valence-corrected chi connectivity index (χ1v) is 12.6. The molecular formula is C27H37N3O4. The number of anilines is 1. The number of para-hydroxylation sites is 1. The van der Waals surface area contributed by atoms with Crippen LogP contribution >= 0.6 is 0 Å². The van der Waals surface area contributed by atoms with E-state index in [0.717, 1.165) is 50.2 Å². The molecule has 1 saturated heterocycles. The quantitative estimate of drug-likeness (QED) is 0.472. The molecule has 1 fully saturated rings. The Bertz CT molecular complexity index is 965. The van der Waals surface area contributed by atoms with E-state index in [-0.39, 0.29) is 12.2 Å². The fourth-order valence-corrected chi connectivity index (χ4v) is 4.84. The Labute approximate surface area is 202 Å². The van der Waals surface area contributed by atoms with Crippen LogP contribution in [0, 0.1) is 0 Å². The van der Waals surface area contributed by atoms with E-state index in [0.29, 0.717) is 31.0 Å². The number of fused-ring (bicyclic) bond motifs is 1. The first kappa shape index (κ1) is 24.5. The standard InChI is InChI=1S/C27H37N3O4/c1-19(2)34-24-11-4-3-10-23(24)25(27(31)32)30-16-14-22(18-30)33-17-6-5-9-21-13-12-20-8-7-15-28-26(20)29-21/h3-4,10-13,19,22,25H,5-9,14-18H2,1-2H3,(H,28,29)(H,31,32)/t22-,25+/m1/s1. The molecule has 1 aromatic carbocycles. The Balaban J connectivity index is 1.24. The van der Waals surface area contributed by atoms with Crippen LogP contribution in [0.5, 0.6) is 5.75 Å². The van der Waals surface area contributed by atoms with Gasteiger partial charge >= 0.3 is 5.97 Å². The Morgan fingerprint density at radius 1 is 1.24 bits per heavy atom. The predicted octanol–water partition coefficient (Wildman–Crippen LogP) is 4.47. The molecule has 0 radical (unpaired) electrons. The first-order valence-electron chi connectivity index (χ1n) is 12.6. The van der Waals surface area contributed by atoms with Crippen LogP contribution in [-0.4, -0.2) is 59.4 Å². The van der Waals surface area contributed by atoms with Gasteiger partial charge in [0, 0.05) is 37.5 Å². The summed E-state index contributed by atoms with van der Waals surface area (Å²) < 4.78 is 12.0. The zero-order valence-corrected chi connectivity index (χ0v) is 20.3. The lowest BCUT2D eigenvalue weighted by atomic mass is 10.0. The van der Waals surface area contributed by atoms with Gasteiger partial charge in [-0.15, -0.1) is 0 Å². The highest BCUT2D eigenvalue weighted by atomic mass is 16.5. The zero-order chi connectivity index (χ0) is 23.9. The van der Waals surface area contributed by atoms with Gasteiger partial charge in [0.15, 0.2) is 0 Å². The summed E-state index contributed by atoms with van der Waals surface area (Å²) >= 11 is 0. The molecule has 0 spiro atoms. The van der Waals surface area contributed by atoms with Crippen molar-refractivity contribution in [2.24, 2.45) is 0 Å². The maximum atomic E-state index is 12.2. The Hall–Kier alpha value is -2.64. The molecule has 0 bridgehead atoms. The molecule has 4 rings (SSSR count). The van der Waals surface area contributed by atoms with Crippen LogP contribution in [-0.2, 0) is 22.4 Å². The van der Waals surface area contributed by atoms with E-state index in [1.165, 1.54) is 12.0 Å². The van der Waals surface area contributed by atoms with Gasteiger partial charge in [0.25, 0.3) is 0 Å². The monoisotopic (exact) mass is 467 g/mol. The third-order valence-corrected chi connectivity index (χ3v) is 6.48. The number of pyridine rings is 1. The number of carboxylic acid groups (broad SMARTS) is 1. The molecule has 2 aromatic rings. The summed E-state index contributed by atoms with van der Waals surface area (Å²) in [5, 5.41) is 13.4. The van der Waals surface area contributed by atoms with Crippen molar-refractivity contribution < 1.29 is 19.4 Å². The Morgan fingerprint density at radius 2 is 2.09 bits per heavy atom. The molecule has 2 N–H and O–H groups in total. The van der Waals surface area contributed by atoms with Crippen LogP contribution in [0.2, 0.25) is 0 Å². The van der Waals surface area contributed by atoms with Gasteiger partial charge in [0.1, 0.15) is 17.6 Å². The molecule has 7 heteroatoms. The van der Waals surface area contributed by atoms with Gasteiger partial charge in [0.05, 0.1) is 12.2 Å². The lowest BCUT2D eigenvalue weighted by Gasteiger charge is -2.26. The van der Waals surface area contributed by atoms with E-state index in [9.17, 15) is 9.90 Å². The number of nitrogens with one attached hydrogen (secondary N) is 1. The minimum atomic E-state index is -0.854. The van der Waals surface area contributed by atoms with E-state index in [1.807, 2.05) is 43.0 Å². The van der Waals surface area contributed by atoms with Crippen molar-refractivity contribution >= 4 is 11.8 Å². The van der Waals surface area contributed by atoms with Crippen LogP contribution < -0.4 is 10.1 Å². The molecule has 2 aliphatic heterocycles. The summed E-state index contributed by atoms with van der Waals surface area (Å²) in [6, 6.07) is 11.1. The van der Waals surface area contributed by atoms with E-state index in [1.54, 1.807) is 0 Å². The summed E-state index contributed by atoms with van der Waals surface area (Å²) in [5.74, 6) is 0.840. The van der Waals surface area contributed by atoms with Crippen LogP contribution in [0.4, 0.5) is 5.82 Å². The maximum absolute atomic E-state index is 12.2. The summed E-state index contributed by atoms with van der Waals surface area (Å²) in [6.45, 7) is 6.91. The number of carbonyl (C=O) groups is 1. The van der Waals surface area contributed by atoms with Crippen molar-refractivity contribution in [3.8, 4) is 5.75 Å². The number of hydrogen-bond donors (Lipinski definition) is 2. The van der Waals surface area contributed by atoms with E-state index >= 15 is 0 Å². The van der Waals surface area contributed by atoms with Crippen LogP contribution in [0.25, 0.3) is 0 Å². The minimum absolute atomic E-state index is 0.0157. The van der Waals surface area contributed by atoms with Crippen molar-refractivity contribution in [3.05, 3.63) is 53.2 Å². The van der Waals surface area contributed by atoms with Crippen LogP contribution in [0.15, 0.2) is 36.4 Å². The normalized spacial score (nSPS) is 19.0. The summed E-state index contributed by atoms with van der Waals surface area (Å²) in [7, 11) is 0. The highest BCUT2D eigenvalue weighted by Gasteiger charge is 2.35. The second-order valence-corrected chi connectivity index (χ2v) is 9.52. The lowest BCUT2D eigenvalue weighted by Crippen LogP contribution is -2.34. The number of benzene rings is 1. The summed E-state index contributed by atoms with van der Waals surface area (Å²) in [5.41, 5.74) is 3.16. The molecule has 0 amide bonds. The van der Waals surface area contributed by atoms with Gasteiger partial charge in [-0.1, -0.05) is 24.3 Å². The van der Waals surface area contributed by atoms with E-state index in [4.69, 9.17) is 14.5 Å². The number of rotatable bonds is 11. The number of aromatic nitrogens is 1. The molecule has 2 aliphatic rings. The number of likely N-dealkylation sites (tertiary alicyclic amines) is 1.